The normalized spacial score (nSPS) is 11.9. The lowest BCUT2D eigenvalue weighted by Crippen LogP contribution is -2.36. The van der Waals surface area contributed by atoms with Gasteiger partial charge in [-0.05, 0) is 25.0 Å². The number of unbranched alkanes of at least 4 members (excludes halogenated alkanes) is 2. The van der Waals surface area contributed by atoms with E-state index in [1.165, 1.54) is 0 Å². The second kappa shape index (κ2) is 8.02. The van der Waals surface area contributed by atoms with E-state index in [9.17, 15) is 4.79 Å². The molecule has 0 atom stereocenters. The predicted octanol–water partition coefficient (Wildman–Crippen LogP) is 5.02. The fourth-order valence-corrected chi connectivity index (χ4v) is 3.78. The molecule has 0 radical (unpaired) electrons. The smallest absolute Gasteiger partial charge is 0.257 e. The molecule has 0 fully saturated rings. The molecule has 0 N–H and O–H groups in total. The van der Waals surface area contributed by atoms with Crippen molar-refractivity contribution in [3.8, 4) is 0 Å². The first-order valence-corrected chi connectivity index (χ1v) is 12.7. The summed E-state index contributed by atoms with van der Waals surface area (Å²) >= 11 is 0. The van der Waals surface area contributed by atoms with Crippen molar-refractivity contribution in [1.29, 1.82) is 0 Å². The molecule has 0 aliphatic heterocycles. The number of hydrogen-bond acceptors (Lipinski definition) is 2. The largest absolute Gasteiger partial charge is 0.465 e. The summed E-state index contributed by atoms with van der Waals surface area (Å²) in [5.41, 5.74) is 1.47. The molecule has 0 saturated carbocycles. The van der Waals surface area contributed by atoms with E-state index in [0.717, 1.165) is 55.1 Å². The van der Waals surface area contributed by atoms with Crippen LogP contribution in [0.25, 0.3) is 11.0 Å². The van der Waals surface area contributed by atoms with Crippen LogP contribution in [-0.4, -0.2) is 32.0 Å². The summed E-state index contributed by atoms with van der Waals surface area (Å²) in [5.74, 6) is 0.110. The number of amides is 1. The first kappa shape index (κ1) is 18.8. The third kappa shape index (κ3) is 4.29. The van der Waals surface area contributed by atoms with E-state index in [1.807, 2.05) is 23.1 Å². The molecule has 24 heavy (non-hydrogen) atoms. The number of hydrogen-bond donors (Lipinski definition) is 0. The third-order valence-electron chi connectivity index (χ3n) is 4.36. The predicted molar refractivity (Wildman–Crippen MR) is 105 cm³/mol. The minimum absolute atomic E-state index is 0.110. The Bertz CT molecular complexity index is 676. The topological polar surface area (TPSA) is 33.5 Å². The first-order chi connectivity index (χ1) is 11.4. The number of furan rings is 1. The van der Waals surface area contributed by atoms with E-state index < -0.39 is 8.07 Å². The van der Waals surface area contributed by atoms with Crippen molar-refractivity contribution < 1.29 is 9.21 Å². The molecule has 1 amide bonds. The molecule has 0 aliphatic carbocycles. The van der Waals surface area contributed by atoms with Gasteiger partial charge in [0.15, 0.2) is 0 Å². The zero-order chi connectivity index (χ0) is 17.7. The molecule has 132 valence electrons. The van der Waals surface area contributed by atoms with Crippen molar-refractivity contribution in [2.24, 2.45) is 0 Å². The van der Waals surface area contributed by atoms with Gasteiger partial charge in [0.2, 0.25) is 0 Å². The van der Waals surface area contributed by atoms with Crippen LogP contribution >= 0.6 is 0 Å². The monoisotopic (exact) mass is 345 g/mol. The van der Waals surface area contributed by atoms with Crippen molar-refractivity contribution >= 4 is 30.3 Å². The molecule has 0 bridgehead atoms. The average Bonchev–Trinajstić information content (AvgIpc) is 2.99. The van der Waals surface area contributed by atoms with Gasteiger partial charge in [-0.25, -0.2) is 0 Å². The fraction of sp³-hybridized carbons (Fsp3) is 0.550. The second-order valence-electron chi connectivity index (χ2n) is 7.58. The standard InChI is InChI=1S/C20H31NO2Si/c1-6-8-13-21(14-9-7-2)20(22)17-12-10-11-16-15-18(23-19(16)17)24(3,4)5/h10-12,15H,6-9,13-14H2,1-5H3. The summed E-state index contributed by atoms with van der Waals surface area (Å²) < 4.78 is 6.16. The van der Waals surface area contributed by atoms with Crippen LogP contribution in [0.5, 0.6) is 0 Å². The van der Waals surface area contributed by atoms with Gasteiger partial charge in [0.1, 0.15) is 13.7 Å². The summed E-state index contributed by atoms with van der Waals surface area (Å²) in [7, 11) is -1.53. The van der Waals surface area contributed by atoms with Gasteiger partial charge < -0.3 is 9.32 Å². The Morgan fingerprint density at radius 2 is 1.71 bits per heavy atom. The van der Waals surface area contributed by atoms with Gasteiger partial charge in [-0.2, -0.15) is 0 Å². The lowest BCUT2D eigenvalue weighted by Gasteiger charge is -2.22. The van der Waals surface area contributed by atoms with Crippen molar-refractivity contribution in [2.75, 3.05) is 13.1 Å². The summed E-state index contributed by atoms with van der Waals surface area (Å²) in [6.45, 7) is 12.8. The Kier molecular flexibility index (Phi) is 6.27. The molecule has 0 saturated heterocycles. The fourth-order valence-electron chi connectivity index (χ4n) is 2.78. The zero-order valence-electron chi connectivity index (χ0n) is 15.8. The summed E-state index contributed by atoms with van der Waals surface area (Å²) in [4.78, 5) is 15.1. The number of carbonyl (C=O) groups is 1. The summed E-state index contributed by atoms with van der Waals surface area (Å²) in [5, 5.41) is 2.11. The van der Waals surface area contributed by atoms with E-state index in [1.54, 1.807) is 0 Å². The molecule has 1 heterocycles. The maximum atomic E-state index is 13.1. The van der Waals surface area contributed by atoms with E-state index in [0.29, 0.717) is 5.56 Å². The SMILES string of the molecule is CCCCN(CCCC)C(=O)c1cccc2cc([Si](C)(C)C)oc12. The number of para-hydroxylation sites is 1. The number of fused-ring (bicyclic) bond motifs is 1. The number of rotatable bonds is 8. The molecule has 4 heteroatoms. The molecule has 1 aromatic carbocycles. The number of nitrogens with zero attached hydrogens (tertiary/aromatic N) is 1. The summed E-state index contributed by atoms with van der Waals surface area (Å²) in [6.07, 6.45) is 4.29. The Labute approximate surface area is 147 Å². The van der Waals surface area contributed by atoms with E-state index in [-0.39, 0.29) is 5.91 Å². The van der Waals surface area contributed by atoms with Crippen molar-refractivity contribution in [1.82, 2.24) is 4.90 Å². The molecule has 0 aliphatic rings. The van der Waals surface area contributed by atoms with Crippen LogP contribution in [-0.2, 0) is 0 Å². The van der Waals surface area contributed by atoms with E-state index in [4.69, 9.17) is 4.42 Å². The highest BCUT2D eigenvalue weighted by molar-refractivity contribution is 6.87. The van der Waals surface area contributed by atoms with Crippen LogP contribution in [0.15, 0.2) is 28.7 Å². The average molecular weight is 346 g/mol. The van der Waals surface area contributed by atoms with Gasteiger partial charge in [-0.3, -0.25) is 4.79 Å². The second-order valence-corrected chi connectivity index (χ2v) is 12.6. The number of carbonyl (C=O) groups excluding carboxylic acids is 1. The third-order valence-corrected chi connectivity index (χ3v) is 6.09. The molecule has 1 aromatic heterocycles. The van der Waals surface area contributed by atoms with Crippen LogP contribution < -0.4 is 5.38 Å². The van der Waals surface area contributed by atoms with Crippen LogP contribution in [0, 0.1) is 0 Å². The maximum Gasteiger partial charge on any atom is 0.257 e. The molecule has 2 rings (SSSR count). The maximum absolute atomic E-state index is 13.1. The Morgan fingerprint density at radius 1 is 1.08 bits per heavy atom. The lowest BCUT2D eigenvalue weighted by molar-refractivity contribution is 0.0752. The number of benzene rings is 1. The van der Waals surface area contributed by atoms with E-state index >= 15 is 0 Å². The van der Waals surface area contributed by atoms with Crippen molar-refractivity contribution in [3.05, 3.63) is 29.8 Å². The molecule has 2 aromatic rings. The lowest BCUT2D eigenvalue weighted by atomic mass is 10.1. The highest BCUT2D eigenvalue weighted by Gasteiger charge is 2.24. The quantitative estimate of drug-likeness (QED) is 0.629. The summed E-state index contributed by atoms with van der Waals surface area (Å²) in [6, 6.07) is 8.05. The van der Waals surface area contributed by atoms with Crippen LogP contribution in [0.3, 0.4) is 0 Å². The molecule has 0 spiro atoms. The molecule has 3 nitrogen and oxygen atoms in total. The van der Waals surface area contributed by atoms with Crippen LogP contribution in [0.2, 0.25) is 19.6 Å². The highest BCUT2D eigenvalue weighted by atomic mass is 28.3. The van der Waals surface area contributed by atoms with Gasteiger partial charge in [0.05, 0.1) is 10.9 Å². The Morgan fingerprint density at radius 3 is 2.25 bits per heavy atom. The van der Waals surface area contributed by atoms with Crippen molar-refractivity contribution in [2.45, 2.75) is 59.2 Å². The Hall–Kier alpha value is -1.55. The minimum atomic E-state index is -1.53. The van der Waals surface area contributed by atoms with Gasteiger partial charge in [0.25, 0.3) is 5.91 Å². The minimum Gasteiger partial charge on any atom is -0.465 e. The zero-order valence-corrected chi connectivity index (χ0v) is 16.8. The van der Waals surface area contributed by atoms with E-state index in [2.05, 4.69) is 39.6 Å². The molecular weight excluding hydrogens is 314 g/mol. The van der Waals surface area contributed by atoms with Crippen LogP contribution in [0.4, 0.5) is 0 Å². The first-order valence-electron chi connectivity index (χ1n) is 9.20. The molecular formula is C20H31NO2Si. The van der Waals surface area contributed by atoms with Crippen LogP contribution in [0.1, 0.15) is 49.9 Å². The Balaban J connectivity index is 2.37. The highest BCUT2D eigenvalue weighted by Crippen LogP contribution is 2.22. The van der Waals surface area contributed by atoms with Gasteiger partial charge in [-0.1, -0.05) is 58.5 Å². The van der Waals surface area contributed by atoms with Crippen molar-refractivity contribution in [3.63, 3.8) is 0 Å². The van der Waals surface area contributed by atoms with Gasteiger partial charge >= 0.3 is 0 Å². The van der Waals surface area contributed by atoms with Gasteiger partial charge in [-0.15, -0.1) is 0 Å². The molecule has 0 unspecified atom stereocenters. The van der Waals surface area contributed by atoms with Gasteiger partial charge in [0, 0.05) is 18.5 Å².